The number of nitrogens with one attached hydrogen (secondary N) is 1. The first-order chi connectivity index (χ1) is 13.6. The first-order valence-corrected chi connectivity index (χ1v) is 8.68. The summed E-state index contributed by atoms with van der Waals surface area (Å²) in [6.07, 6.45) is 0. The van der Waals surface area contributed by atoms with Gasteiger partial charge in [0.05, 0.1) is 0 Å². The zero-order valence-electron chi connectivity index (χ0n) is 16.7. The van der Waals surface area contributed by atoms with E-state index in [9.17, 15) is 19.2 Å². The number of carbonyl (C=O) groups excluding carboxylic acids is 4. The smallest absolute Gasteiger partial charge is 0.308 e. The summed E-state index contributed by atoms with van der Waals surface area (Å²) in [6.45, 7) is 7.28. The lowest BCUT2D eigenvalue weighted by Gasteiger charge is -2.15. The van der Waals surface area contributed by atoms with E-state index in [1.807, 2.05) is 19.9 Å². The molecule has 0 atom stereocenters. The molecular formula is C21H21NO7. The van der Waals surface area contributed by atoms with Gasteiger partial charge in [-0.25, -0.2) is 0 Å². The molecule has 152 valence electrons. The topological polar surface area (TPSA) is 108 Å². The molecular weight excluding hydrogens is 378 g/mol. The normalized spacial score (nSPS) is 10.1. The van der Waals surface area contributed by atoms with E-state index in [1.54, 1.807) is 12.1 Å². The number of esters is 3. The predicted octanol–water partition coefficient (Wildman–Crippen LogP) is 3.33. The van der Waals surface area contributed by atoms with Crippen LogP contribution in [0.1, 0.15) is 42.3 Å². The molecule has 0 spiro atoms. The van der Waals surface area contributed by atoms with Crippen LogP contribution in [0.4, 0.5) is 5.69 Å². The number of aryl methyl sites for hydroxylation is 2. The van der Waals surface area contributed by atoms with Crippen LogP contribution in [0.3, 0.4) is 0 Å². The van der Waals surface area contributed by atoms with Crippen molar-refractivity contribution < 1.29 is 33.4 Å². The summed E-state index contributed by atoms with van der Waals surface area (Å²) in [5.74, 6) is -3.40. The number of ether oxygens (including phenoxy) is 3. The van der Waals surface area contributed by atoms with Crippen molar-refractivity contribution >= 4 is 29.5 Å². The summed E-state index contributed by atoms with van der Waals surface area (Å²) in [5.41, 5.74) is 2.66. The molecule has 8 heteroatoms. The monoisotopic (exact) mass is 399 g/mol. The maximum absolute atomic E-state index is 12.7. The van der Waals surface area contributed by atoms with E-state index in [4.69, 9.17) is 14.2 Å². The minimum atomic E-state index is -0.723. The van der Waals surface area contributed by atoms with Crippen LogP contribution in [0.5, 0.6) is 17.2 Å². The fourth-order valence-corrected chi connectivity index (χ4v) is 2.44. The molecule has 0 saturated heterocycles. The number of amides is 1. The van der Waals surface area contributed by atoms with Crippen molar-refractivity contribution in [2.24, 2.45) is 0 Å². The molecule has 1 N–H and O–H groups in total. The van der Waals surface area contributed by atoms with Gasteiger partial charge in [0.1, 0.15) is 0 Å². The highest BCUT2D eigenvalue weighted by Gasteiger charge is 2.22. The molecule has 0 fully saturated rings. The fourth-order valence-electron chi connectivity index (χ4n) is 2.44. The van der Waals surface area contributed by atoms with Crippen LogP contribution in [0.2, 0.25) is 0 Å². The Morgan fingerprint density at radius 2 is 1.24 bits per heavy atom. The van der Waals surface area contributed by atoms with Gasteiger partial charge in [-0.2, -0.15) is 0 Å². The molecule has 0 bridgehead atoms. The molecule has 0 heterocycles. The molecule has 0 aliphatic rings. The zero-order valence-corrected chi connectivity index (χ0v) is 16.7. The highest BCUT2D eigenvalue weighted by Crippen LogP contribution is 2.39. The minimum Gasteiger partial charge on any atom is -0.423 e. The van der Waals surface area contributed by atoms with Crippen LogP contribution >= 0.6 is 0 Å². The van der Waals surface area contributed by atoms with Crippen molar-refractivity contribution in [1.29, 1.82) is 0 Å². The van der Waals surface area contributed by atoms with Crippen molar-refractivity contribution in [3.05, 3.63) is 47.0 Å². The van der Waals surface area contributed by atoms with Crippen LogP contribution in [-0.2, 0) is 14.4 Å². The first kappa shape index (κ1) is 21.6. The van der Waals surface area contributed by atoms with Crippen molar-refractivity contribution in [2.45, 2.75) is 34.6 Å². The maximum Gasteiger partial charge on any atom is 0.308 e. The number of rotatable bonds is 5. The molecule has 0 unspecified atom stereocenters. The van der Waals surface area contributed by atoms with Crippen LogP contribution < -0.4 is 19.5 Å². The van der Waals surface area contributed by atoms with E-state index >= 15 is 0 Å². The van der Waals surface area contributed by atoms with Gasteiger partial charge in [-0.3, -0.25) is 19.2 Å². The Balaban J connectivity index is 2.50. The standard InChI is InChI=1S/C21H21NO7/c1-11-6-7-17(8-12(11)2)22-21(26)16-9-18(27-13(3)23)20(29-15(5)25)19(10-16)28-14(4)24/h6-10H,1-5H3,(H,22,26). The van der Waals surface area contributed by atoms with Gasteiger partial charge < -0.3 is 19.5 Å². The lowest BCUT2D eigenvalue weighted by atomic mass is 10.1. The van der Waals surface area contributed by atoms with E-state index in [1.165, 1.54) is 12.1 Å². The van der Waals surface area contributed by atoms with Crippen molar-refractivity contribution in [1.82, 2.24) is 0 Å². The van der Waals surface area contributed by atoms with Crippen LogP contribution in [0.25, 0.3) is 0 Å². The van der Waals surface area contributed by atoms with E-state index < -0.39 is 23.8 Å². The number of anilines is 1. The van der Waals surface area contributed by atoms with Gasteiger partial charge in [0, 0.05) is 32.0 Å². The SMILES string of the molecule is CC(=O)Oc1cc(C(=O)Nc2ccc(C)c(C)c2)cc(OC(C)=O)c1OC(C)=O. The number of hydrogen-bond donors (Lipinski definition) is 1. The highest BCUT2D eigenvalue weighted by molar-refractivity contribution is 6.05. The molecule has 2 rings (SSSR count). The molecule has 0 aliphatic heterocycles. The van der Waals surface area contributed by atoms with Crippen LogP contribution in [0, 0.1) is 13.8 Å². The molecule has 0 aliphatic carbocycles. The fraction of sp³-hybridized carbons (Fsp3) is 0.238. The third-order valence-electron chi connectivity index (χ3n) is 3.80. The van der Waals surface area contributed by atoms with Gasteiger partial charge in [0.2, 0.25) is 5.75 Å². The lowest BCUT2D eigenvalue weighted by molar-refractivity contribution is -0.135. The number of benzene rings is 2. The van der Waals surface area contributed by atoms with Gasteiger partial charge in [-0.15, -0.1) is 0 Å². The van der Waals surface area contributed by atoms with Gasteiger partial charge in [0.15, 0.2) is 11.5 Å². The summed E-state index contributed by atoms with van der Waals surface area (Å²) < 4.78 is 15.1. The Morgan fingerprint density at radius 3 is 1.69 bits per heavy atom. The molecule has 8 nitrogen and oxygen atoms in total. The largest absolute Gasteiger partial charge is 0.423 e. The highest BCUT2D eigenvalue weighted by atomic mass is 16.6. The summed E-state index contributed by atoms with van der Waals surface area (Å²) in [7, 11) is 0. The van der Waals surface area contributed by atoms with Crippen molar-refractivity contribution in [3.8, 4) is 17.2 Å². The Hall–Kier alpha value is -3.68. The van der Waals surface area contributed by atoms with Gasteiger partial charge in [-0.1, -0.05) is 6.07 Å². The van der Waals surface area contributed by atoms with Gasteiger partial charge in [-0.05, 0) is 49.2 Å². The summed E-state index contributed by atoms with van der Waals surface area (Å²) in [6, 6.07) is 7.86. The maximum atomic E-state index is 12.7. The quantitative estimate of drug-likeness (QED) is 0.607. The van der Waals surface area contributed by atoms with Crippen LogP contribution in [0.15, 0.2) is 30.3 Å². The third kappa shape index (κ3) is 5.90. The number of hydrogen-bond acceptors (Lipinski definition) is 7. The van der Waals surface area contributed by atoms with E-state index in [-0.39, 0.29) is 22.8 Å². The molecule has 0 radical (unpaired) electrons. The second-order valence-corrected chi connectivity index (χ2v) is 6.34. The Morgan fingerprint density at radius 1 is 0.724 bits per heavy atom. The Labute approximate surface area is 167 Å². The zero-order chi connectivity index (χ0) is 21.7. The average molecular weight is 399 g/mol. The van der Waals surface area contributed by atoms with Crippen LogP contribution in [-0.4, -0.2) is 23.8 Å². The summed E-state index contributed by atoms with van der Waals surface area (Å²) in [4.78, 5) is 47.1. The third-order valence-corrected chi connectivity index (χ3v) is 3.80. The lowest BCUT2D eigenvalue weighted by Crippen LogP contribution is -2.15. The van der Waals surface area contributed by atoms with Gasteiger partial charge in [0.25, 0.3) is 5.91 Å². The van der Waals surface area contributed by atoms with Crippen molar-refractivity contribution in [2.75, 3.05) is 5.32 Å². The summed E-state index contributed by atoms with van der Waals surface area (Å²) >= 11 is 0. The second kappa shape index (κ2) is 9.01. The minimum absolute atomic E-state index is 0.0339. The Bertz CT molecular complexity index is 958. The molecule has 2 aromatic carbocycles. The molecule has 0 aromatic heterocycles. The predicted molar refractivity (Wildman–Crippen MR) is 104 cm³/mol. The number of carbonyl (C=O) groups is 4. The van der Waals surface area contributed by atoms with Gasteiger partial charge >= 0.3 is 17.9 Å². The van der Waals surface area contributed by atoms with Crippen molar-refractivity contribution in [3.63, 3.8) is 0 Å². The molecule has 0 saturated carbocycles. The van der Waals surface area contributed by atoms with E-state index in [2.05, 4.69) is 5.32 Å². The second-order valence-electron chi connectivity index (χ2n) is 6.34. The average Bonchev–Trinajstić information content (AvgIpc) is 2.59. The summed E-state index contributed by atoms with van der Waals surface area (Å²) in [5, 5.41) is 2.72. The molecule has 1 amide bonds. The van der Waals surface area contributed by atoms with E-state index in [0.717, 1.165) is 31.9 Å². The Kier molecular flexibility index (Phi) is 6.71. The van der Waals surface area contributed by atoms with E-state index in [0.29, 0.717) is 5.69 Å². The molecule has 29 heavy (non-hydrogen) atoms. The first-order valence-electron chi connectivity index (χ1n) is 8.68. The molecule has 2 aromatic rings.